The van der Waals surface area contributed by atoms with E-state index >= 15 is 0 Å². The summed E-state index contributed by atoms with van der Waals surface area (Å²) >= 11 is 0. The second-order valence-corrected chi connectivity index (χ2v) is 10.3. The Hall–Kier alpha value is -2.71. The van der Waals surface area contributed by atoms with Crippen LogP contribution in [0.25, 0.3) is 0 Å². The Labute approximate surface area is 190 Å². The lowest BCUT2D eigenvalue weighted by atomic mass is 10.0. The maximum atomic E-state index is 13.4. The summed E-state index contributed by atoms with van der Waals surface area (Å²) in [7, 11) is -3.63. The van der Waals surface area contributed by atoms with Crippen molar-refractivity contribution in [3.8, 4) is 0 Å². The molecule has 2 amide bonds. The van der Waals surface area contributed by atoms with Gasteiger partial charge in [0.05, 0.1) is 4.90 Å². The number of anilines is 1. The van der Waals surface area contributed by atoms with Crippen LogP contribution in [0.3, 0.4) is 0 Å². The summed E-state index contributed by atoms with van der Waals surface area (Å²) in [6.45, 7) is 6.27. The van der Waals surface area contributed by atoms with Gasteiger partial charge in [0.1, 0.15) is 0 Å². The van der Waals surface area contributed by atoms with Gasteiger partial charge in [0, 0.05) is 24.8 Å². The first-order chi connectivity index (χ1) is 15.2. The summed E-state index contributed by atoms with van der Waals surface area (Å²) in [5.41, 5.74) is 3.16. The third-order valence-corrected chi connectivity index (χ3v) is 7.84. The van der Waals surface area contributed by atoms with Gasteiger partial charge in [0.15, 0.2) is 0 Å². The normalized spacial score (nSPS) is 17.0. The SMILES string of the molecule is Cc1cccc(NC(=O)C(=O)NCCC2CCCCN2S(=O)(=O)c2cc(C)ccc2C)c1. The van der Waals surface area contributed by atoms with Crippen LogP contribution in [-0.2, 0) is 19.6 Å². The molecule has 0 bridgehead atoms. The summed E-state index contributed by atoms with van der Waals surface area (Å²) < 4.78 is 28.3. The number of sulfonamides is 1. The molecule has 1 heterocycles. The van der Waals surface area contributed by atoms with E-state index in [-0.39, 0.29) is 12.6 Å². The number of rotatable bonds is 6. The third-order valence-electron chi connectivity index (χ3n) is 5.75. The molecule has 0 aromatic heterocycles. The molecule has 1 atom stereocenters. The first-order valence-electron chi connectivity index (χ1n) is 10.9. The minimum atomic E-state index is -3.63. The average molecular weight is 458 g/mol. The van der Waals surface area contributed by atoms with E-state index in [9.17, 15) is 18.0 Å². The van der Waals surface area contributed by atoms with Crippen molar-refractivity contribution in [2.45, 2.75) is 57.4 Å². The molecule has 7 nitrogen and oxygen atoms in total. The van der Waals surface area contributed by atoms with E-state index in [1.165, 1.54) is 0 Å². The van der Waals surface area contributed by atoms with Gasteiger partial charge in [-0.1, -0.05) is 30.7 Å². The number of amides is 2. The Morgan fingerprint density at radius 2 is 1.75 bits per heavy atom. The number of nitrogens with zero attached hydrogens (tertiary/aromatic N) is 1. The molecule has 2 aromatic carbocycles. The van der Waals surface area contributed by atoms with E-state index in [1.54, 1.807) is 35.5 Å². The quantitative estimate of drug-likeness (QED) is 0.651. The molecule has 1 unspecified atom stereocenters. The Morgan fingerprint density at radius 1 is 1.00 bits per heavy atom. The van der Waals surface area contributed by atoms with Crippen molar-refractivity contribution in [2.75, 3.05) is 18.4 Å². The van der Waals surface area contributed by atoms with Gasteiger partial charge in [-0.05, 0) is 74.9 Å². The summed E-state index contributed by atoms with van der Waals surface area (Å²) in [5, 5.41) is 5.20. The summed E-state index contributed by atoms with van der Waals surface area (Å²) in [6.07, 6.45) is 2.93. The van der Waals surface area contributed by atoms with Gasteiger partial charge in [-0.2, -0.15) is 4.31 Å². The van der Waals surface area contributed by atoms with Crippen LogP contribution in [0, 0.1) is 20.8 Å². The lowest BCUT2D eigenvalue weighted by Gasteiger charge is -2.35. The van der Waals surface area contributed by atoms with E-state index < -0.39 is 21.8 Å². The fraction of sp³-hybridized carbons (Fsp3) is 0.417. The number of nitrogens with one attached hydrogen (secondary N) is 2. The van der Waals surface area contributed by atoms with Crippen molar-refractivity contribution in [1.29, 1.82) is 0 Å². The van der Waals surface area contributed by atoms with Gasteiger partial charge in [-0.15, -0.1) is 0 Å². The van der Waals surface area contributed by atoms with E-state index in [0.717, 1.165) is 36.0 Å². The monoisotopic (exact) mass is 457 g/mol. The minimum Gasteiger partial charge on any atom is -0.348 e. The highest BCUT2D eigenvalue weighted by atomic mass is 32.2. The molecule has 1 aliphatic heterocycles. The maximum Gasteiger partial charge on any atom is 0.313 e. The second kappa shape index (κ2) is 10.3. The number of aryl methyl sites for hydroxylation is 3. The van der Waals surface area contributed by atoms with E-state index in [2.05, 4.69) is 10.6 Å². The van der Waals surface area contributed by atoms with Crippen molar-refractivity contribution in [3.05, 3.63) is 59.2 Å². The first kappa shape index (κ1) is 23.9. The van der Waals surface area contributed by atoms with Crippen molar-refractivity contribution in [3.63, 3.8) is 0 Å². The minimum absolute atomic E-state index is 0.214. The van der Waals surface area contributed by atoms with E-state index in [1.807, 2.05) is 32.0 Å². The molecule has 1 aliphatic rings. The Balaban J connectivity index is 1.61. The van der Waals surface area contributed by atoms with Crippen LogP contribution in [-0.4, -0.2) is 43.7 Å². The summed E-state index contributed by atoms with van der Waals surface area (Å²) in [5.74, 6) is -1.47. The van der Waals surface area contributed by atoms with Gasteiger partial charge >= 0.3 is 11.8 Å². The zero-order valence-electron chi connectivity index (χ0n) is 18.8. The molecule has 0 radical (unpaired) electrons. The summed E-state index contributed by atoms with van der Waals surface area (Å²) in [4.78, 5) is 24.7. The number of hydrogen-bond acceptors (Lipinski definition) is 4. The highest BCUT2D eigenvalue weighted by Crippen LogP contribution is 2.29. The predicted molar refractivity (Wildman–Crippen MR) is 125 cm³/mol. The highest BCUT2D eigenvalue weighted by Gasteiger charge is 2.34. The molecule has 0 aliphatic carbocycles. The number of piperidine rings is 1. The molecule has 0 saturated carbocycles. The topological polar surface area (TPSA) is 95.6 Å². The molecule has 0 spiro atoms. The van der Waals surface area contributed by atoms with E-state index in [0.29, 0.717) is 23.5 Å². The number of carbonyl (C=O) groups is 2. The molecule has 8 heteroatoms. The van der Waals surface area contributed by atoms with Gasteiger partial charge in [0.2, 0.25) is 10.0 Å². The smallest absolute Gasteiger partial charge is 0.313 e. The number of benzene rings is 2. The molecule has 172 valence electrons. The zero-order valence-corrected chi connectivity index (χ0v) is 19.7. The molecule has 2 N–H and O–H groups in total. The van der Waals surface area contributed by atoms with Crippen molar-refractivity contribution in [1.82, 2.24) is 9.62 Å². The van der Waals surface area contributed by atoms with Crippen LogP contribution in [0.2, 0.25) is 0 Å². The summed E-state index contributed by atoms with van der Waals surface area (Å²) in [6, 6.07) is 12.4. The molecule has 1 fully saturated rings. The molecule has 32 heavy (non-hydrogen) atoms. The fourth-order valence-corrected chi connectivity index (χ4v) is 6.07. The third kappa shape index (κ3) is 5.75. The van der Waals surface area contributed by atoms with Crippen LogP contribution in [0.4, 0.5) is 5.69 Å². The van der Waals surface area contributed by atoms with Gasteiger partial charge in [-0.3, -0.25) is 9.59 Å². The van der Waals surface area contributed by atoms with Crippen LogP contribution in [0.1, 0.15) is 42.4 Å². The van der Waals surface area contributed by atoms with Crippen LogP contribution in [0.5, 0.6) is 0 Å². The van der Waals surface area contributed by atoms with Crippen LogP contribution in [0.15, 0.2) is 47.4 Å². The lowest BCUT2D eigenvalue weighted by molar-refractivity contribution is -0.136. The van der Waals surface area contributed by atoms with Crippen molar-refractivity contribution >= 4 is 27.5 Å². The Morgan fingerprint density at radius 3 is 2.50 bits per heavy atom. The molecule has 1 saturated heterocycles. The molecule has 3 rings (SSSR count). The van der Waals surface area contributed by atoms with E-state index in [4.69, 9.17) is 0 Å². The number of carbonyl (C=O) groups excluding carboxylic acids is 2. The second-order valence-electron chi connectivity index (χ2n) is 8.40. The van der Waals surface area contributed by atoms with Gasteiger partial charge in [0.25, 0.3) is 0 Å². The molecule has 2 aromatic rings. The average Bonchev–Trinajstić information content (AvgIpc) is 2.75. The highest BCUT2D eigenvalue weighted by molar-refractivity contribution is 7.89. The van der Waals surface area contributed by atoms with Crippen molar-refractivity contribution in [2.24, 2.45) is 0 Å². The zero-order chi connectivity index (χ0) is 23.3. The number of hydrogen-bond donors (Lipinski definition) is 2. The predicted octanol–water partition coefficient (Wildman–Crippen LogP) is 3.30. The Kier molecular flexibility index (Phi) is 7.69. The fourth-order valence-electron chi connectivity index (χ4n) is 4.03. The first-order valence-corrected chi connectivity index (χ1v) is 12.4. The largest absolute Gasteiger partial charge is 0.348 e. The van der Waals surface area contributed by atoms with Crippen molar-refractivity contribution < 1.29 is 18.0 Å². The van der Waals surface area contributed by atoms with Gasteiger partial charge in [-0.25, -0.2) is 8.42 Å². The van der Waals surface area contributed by atoms with Crippen LogP contribution >= 0.6 is 0 Å². The standard InChI is InChI=1S/C24H31N3O4S/c1-17-7-6-8-20(15-17)26-24(29)23(28)25-13-12-21-9-4-5-14-27(21)32(30,31)22-16-18(2)10-11-19(22)3/h6-8,10-11,15-16,21H,4-5,9,12-14H2,1-3H3,(H,25,28)(H,26,29). The molecular weight excluding hydrogens is 426 g/mol. The lowest BCUT2D eigenvalue weighted by Crippen LogP contribution is -2.46. The van der Waals surface area contributed by atoms with Crippen LogP contribution < -0.4 is 10.6 Å². The Bertz CT molecular complexity index is 1100. The maximum absolute atomic E-state index is 13.4. The van der Waals surface area contributed by atoms with Gasteiger partial charge < -0.3 is 10.6 Å². The molecular formula is C24H31N3O4S.